The number of rotatable bonds is 8. The lowest BCUT2D eigenvalue weighted by molar-refractivity contribution is -0.150. The number of ketones is 2. The highest BCUT2D eigenvalue weighted by atomic mass is 32.2. The second-order valence-electron chi connectivity index (χ2n) is 3.41. The molecule has 96 valence electrons. The molecule has 17 heavy (non-hydrogen) atoms. The van der Waals surface area contributed by atoms with Crippen LogP contribution in [0.15, 0.2) is 0 Å². The molecule has 0 saturated carbocycles. The first-order valence-corrected chi connectivity index (χ1v) is 6.32. The molecule has 1 unspecified atom stereocenters. The summed E-state index contributed by atoms with van der Waals surface area (Å²) in [5.74, 6) is -3.11. The van der Waals surface area contributed by atoms with Gasteiger partial charge in [0.25, 0.3) is 0 Å². The first kappa shape index (κ1) is 15.6. The molecule has 1 amide bonds. The molecule has 0 bridgehead atoms. The molecule has 0 spiro atoms. The molecule has 1 atom stereocenters. The summed E-state index contributed by atoms with van der Waals surface area (Å²) in [7, 11) is 0. The van der Waals surface area contributed by atoms with Crippen LogP contribution in [-0.2, 0) is 19.2 Å². The van der Waals surface area contributed by atoms with E-state index >= 15 is 0 Å². The third kappa shape index (κ3) is 6.72. The summed E-state index contributed by atoms with van der Waals surface area (Å²) in [5, 5.41) is 10.8. The average Bonchev–Trinajstić information content (AvgIpc) is 2.23. The molecule has 0 aromatic rings. The van der Waals surface area contributed by atoms with Crippen molar-refractivity contribution in [1.29, 1.82) is 0 Å². The topological polar surface area (TPSA) is 101 Å². The molecule has 0 aliphatic rings. The van der Waals surface area contributed by atoms with E-state index in [2.05, 4.69) is 5.32 Å². The summed E-state index contributed by atoms with van der Waals surface area (Å²) in [6, 6.07) is -0.789. The predicted octanol–water partition coefficient (Wildman–Crippen LogP) is -0.143. The van der Waals surface area contributed by atoms with Crippen molar-refractivity contribution in [2.75, 3.05) is 12.0 Å². The number of carbonyl (C=O) groups is 4. The molecule has 0 rings (SSSR count). The molecule has 2 N–H and O–H groups in total. The molecule has 7 heteroatoms. The van der Waals surface area contributed by atoms with Crippen molar-refractivity contribution in [3.8, 4) is 0 Å². The zero-order chi connectivity index (χ0) is 13.4. The standard InChI is InChI=1S/C10H15NO5S/c1-6(12)11-7(3-4-17-2)8(13)5-9(14)10(15)16/h7H,3-5H2,1-2H3,(H,11,12)(H,15,16). The van der Waals surface area contributed by atoms with E-state index < -0.39 is 30.0 Å². The van der Waals surface area contributed by atoms with Crippen molar-refractivity contribution in [2.45, 2.75) is 25.8 Å². The van der Waals surface area contributed by atoms with Gasteiger partial charge in [0.05, 0.1) is 12.5 Å². The minimum Gasteiger partial charge on any atom is -0.475 e. The Balaban J connectivity index is 4.45. The Labute approximate surface area is 103 Å². The summed E-state index contributed by atoms with van der Waals surface area (Å²) >= 11 is 1.49. The molecule has 0 aliphatic heterocycles. The first-order chi connectivity index (χ1) is 7.88. The third-order valence-corrected chi connectivity index (χ3v) is 2.59. The Hall–Kier alpha value is -1.37. The zero-order valence-electron chi connectivity index (χ0n) is 9.69. The van der Waals surface area contributed by atoms with Crippen molar-refractivity contribution >= 4 is 35.2 Å². The number of amides is 1. The van der Waals surface area contributed by atoms with E-state index in [4.69, 9.17) is 5.11 Å². The number of Topliss-reactive ketones (excluding diaryl/α,β-unsaturated/α-hetero) is 2. The van der Waals surface area contributed by atoms with Crippen LogP contribution in [0.25, 0.3) is 0 Å². The van der Waals surface area contributed by atoms with Crippen LogP contribution in [0.4, 0.5) is 0 Å². The lowest BCUT2D eigenvalue weighted by Gasteiger charge is -2.15. The minimum atomic E-state index is -1.63. The highest BCUT2D eigenvalue weighted by Gasteiger charge is 2.24. The van der Waals surface area contributed by atoms with E-state index in [-0.39, 0.29) is 5.91 Å². The number of hydrogen-bond donors (Lipinski definition) is 2. The van der Waals surface area contributed by atoms with Gasteiger partial charge in [-0.1, -0.05) is 0 Å². The summed E-state index contributed by atoms with van der Waals surface area (Å²) in [6.45, 7) is 1.26. The molecule has 0 heterocycles. The molecule has 0 radical (unpaired) electrons. The van der Waals surface area contributed by atoms with Gasteiger partial charge in [-0.05, 0) is 18.4 Å². The average molecular weight is 261 g/mol. The van der Waals surface area contributed by atoms with E-state index in [0.717, 1.165) is 0 Å². The molecule has 0 aromatic carbocycles. The predicted molar refractivity (Wildman–Crippen MR) is 62.9 cm³/mol. The van der Waals surface area contributed by atoms with E-state index in [1.54, 1.807) is 0 Å². The van der Waals surface area contributed by atoms with Crippen LogP contribution in [0.3, 0.4) is 0 Å². The van der Waals surface area contributed by atoms with Gasteiger partial charge in [0, 0.05) is 6.92 Å². The minimum absolute atomic E-state index is 0.381. The lowest BCUT2D eigenvalue weighted by Crippen LogP contribution is -2.41. The highest BCUT2D eigenvalue weighted by molar-refractivity contribution is 7.98. The number of thioether (sulfide) groups is 1. The molecule has 0 saturated heterocycles. The smallest absolute Gasteiger partial charge is 0.372 e. The Morgan fingerprint density at radius 3 is 2.29 bits per heavy atom. The number of aliphatic carboxylic acids is 1. The SMILES string of the molecule is CSCCC(NC(C)=O)C(=O)CC(=O)C(=O)O. The Bertz CT molecular complexity index is 329. The summed E-state index contributed by atoms with van der Waals surface area (Å²) < 4.78 is 0. The van der Waals surface area contributed by atoms with Gasteiger partial charge in [-0.25, -0.2) is 4.79 Å². The van der Waals surface area contributed by atoms with Crippen LogP contribution in [-0.4, -0.2) is 46.6 Å². The highest BCUT2D eigenvalue weighted by Crippen LogP contribution is 2.04. The van der Waals surface area contributed by atoms with Crippen LogP contribution < -0.4 is 5.32 Å². The van der Waals surface area contributed by atoms with Gasteiger partial charge in [-0.15, -0.1) is 0 Å². The Morgan fingerprint density at radius 2 is 1.88 bits per heavy atom. The van der Waals surface area contributed by atoms with Gasteiger partial charge in [0.1, 0.15) is 0 Å². The van der Waals surface area contributed by atoms with Crippen LogP contribution in [0.1, 0.15) is 19.8 Å². The quantitative estimate of drug-likeness (QED) is 0.466. The number of carboxylic acids is 1. The van der Waals surface area contributed by atoms with Gasteiger partial charge in [0.15, 0.2) is 5.78 Å². The van der Waals surface area contributed by atoms with Crippen LogP contribution in [0, 0.1) is 0 Å². The number of nitrogens with one attached hydrogen (secondary N) is 1. The second kappa shape index (κ2) is 7.83. The fourth-order valence-electron chi connectivity index (χ4n) is 1.15. The third-order valence-electron chi connectivity index (χ3n) is 1.95. The molecular weight excluding hydrogens is 246 g/mol. The van der Waals surface area contributed by atoms with Crippen molar-refractivity contribution in [3.63, 3.8) is 0 Å². The van der Waals surface area contributed by atoms with Crippen LogP contribution >= 0.6 is 11.8 Å². The molecule has 6 nitrogen and oxygen atoms in total. The Kier molecular flexibility index (Phi) is 7.20. The maximum atomic E-state index is 11.6. The molecule has 0 fully saturated rings. The molecule has 0 aliphatic carbocycles. The van der Waals surface area contributed by atoms with E-state index in [9.17, 15) is 19.2 Å². The van der Waals surface area contributed by atoms with Gasteiger partial charge in [0.2, 0.25) is 11.7 Å². The van der Waals surface area contributed by atoms with Crippen molar-refractivity contribution in [2.24, 2.45) is 0 Å². The maximum Gasteiger partial charge on any atom is 0.372 e. The summed E-state index contributed by atoms with van der Waals surface area (Å²) in [5.41, 5.74) is 0. The maximum absolute atomic E-state index is 11.6. The number of hydrogen-bond acceptors (Lipinski definition) is 5. The van der Waals surface area contributed by atoms with Crippen LogP contribution in [0.2, 0.25) is 0 Å². The lowest BCUT2D eigenvalue weighted by atomic mass is 10.0. The molecule has 0 aromatic heterocycles. The summed E-state index contributed by atoms with van der Waals surface area (Å²) in [6.07, 6.45) is 1.54. The normalized spacial score (nSPS) is 11.6. The number of carbonyl (C=O) groups excluding carboxylic acids is 3. The zero-order valence-corrected chi connectivity index (χ0v) is 10.5. The van der Waals surface area contributed by atoms with E-state index in [1.807, 2.05) is 6.26 Å². The van der Waals surface area contributed by atoms with E-state index in [1.165, 1.54) is 18.7 Å². The fraction of sp³-hybridized carbons (Fsp3) is 0.600. The largest absolute Gasteiger partial charge is 0.475 e. The fourth-order valence-corrected chi connectivity index (χ4v) is 1.62. The van der Waals surface area contributed by atoms with E-state index in [0.29, 0.717) is 12.2 Å². The van der Waals surface area contributed by atoms with Crippen molar-refractivity contribution in [1.82, 2.24) is 5.32 Å². The van der Waals surface area contributed by atoms with Crippen molar-refractivity contribution < 1.29 is 24.3 Å². The Morgan fingerprint density at radius 1 is 1.29 bits per heavy atom. The van der Waals surface area contributed by atoms with Crippen molar-refractivity contribution in [3.05, 3.63) is 0 Å². The second-order valence-corrected chi connectivity index (χ2v) is 4.39. The monoisotopic (exact) mass is 261 g/mol. The molecular formula is C10H15NO5S. The van der Waals surface area contributed by atoms with Gasteiger partial charge >= 0.3 is 5.97 Å². The summed E-state index contributed by atoms with van der Waals surface area (Å²) in [4.78, 5) is 43.6. The van der Waals surface area contributed by atoms with Crippen LogP contribution in [0.5, 0.6) is 0 Å². The van der Waals surface area contributed by atoms with Gasteiger partial charge in [-0.2, -0.15) is 11.8 Å². The van der Waals surface area contributed by atoms with Gasteiger partial charge in [-0.3, -0.25) is 14.4 Å². The number of carboxylic acid groups (broad SMARTS) is 1. The van der Waals surface area contributed by atoms with Gasteiger partial charge < -0.3 is 10.4 Å². The first-order valence-electron chi connectivity index (χ1n) is 4.93.